The summed E-state index contributed by atoms with van der Waals surface area (Å²) in [6.07, 6.45) is 5.31. The first-order valence-electron chi connectivity index (χ1n) is 7.50. The van der Waals surface area contributed by atoms with Gasteiger partial charge in [-0.15, -0.1) is 0 Å². The third kappa shape index (κ3) is 2.95. The molecule has 0 aromatic carbocycles. The van der Waals surface area contributed by atoms with Crippen LogP contribution in [0.25, 0.3) is 0 Å². The fraction of sp³-hybridized carbons (Fsp3) is 0.733. The van der Waals surface area contributed by atoms with Gasteiger partial charge in [0.2, 0.25) is 0 Å². The molecule has 1 aliphatic heterocycles. The van der Waals surface area contributed by atoms with E-state index in [0.29, 0.717) is 12.0 Å². The predicted molar refractivity (Wildman–Crippen MR) is 76.2 cm³/mol. The van der Waals surface area contributed by atoms with Crippen LogP contribution in [0, 0.1) is 6.92 Å². The molecule has 19 heavy (non-hydrogen) atoms. The highest BCUT2D eigenvalue weighted by Gasteiger charge is 2.24. The highest BCUT2D eigenvalue weighted by Crippen LogP contribution is 2.33. The molecule has 3 rings (SSSR count). The van der Waals surface area contributed by atoms with Crippen LogP contribution in [0.5, 0.6) is 0 Å². The van der Waals surface area contributed by atoms with Gasteiger partial charge >= 0.3 is 0 Å². The van der Waals surface area contributed by atoms with Crippen molar-refractivity contribution in [3.05, 3.63) is 23.3 Å². The Kier molecular flexibility index (Phi) is 3.80. The molecule has 1 N–H and O–H groups in total. The van der Waals surface area contributed by atoms with Crippen molar-refractivity contribution in [3.63, 3.8) is 0 Å². The van der Waals surface area contributed by atoms with Gasteiger partial charge in [-0.2, -0.15) is 0 Å². The molecular formula is C15H24N4. The summed E-state index contributed by atoms with van der Waals surface area (Å²) in [5.74, 6) is 1.66. The third-order valence-corrected chi connectivity index (χ3v) is 4.35. The van der Waals surface area contributed by atoms with Crippen LogP contribution in [0.15, 0.2) is 6.07 Å². The van der Waals surface area contributed by atoms with Gasteiger partial charge in [-0.05, 0) is 32.9 Å². The number of likely N-dealkylation sites (N-methyl/N-ethyl adjacent to an activating group) is 1. The molecule has 0 amide bonds. The molecule has 0 radical (unpaired) electrons. The van der Waals surface area contributed by atoms with E-state index < -0.39 is 0 Å². The lowest BCUT2D eigenvalue weighted by Gasteiger charge is -2.30. The maximum absolute atomic E-state index is 4.87. The summed E-state index contributed by atoms with van der Waals surface area (Å²) in [6, 6.07) is 2.48. The second-order valence-electron chi connectivity index (χ2n) is 6.04. The largest absolute Gasteiger partial charge is 0.305 e. The molecule has 1 unspecified atom stereocenters. The van der Waals surface area contributed by atoms with Crippen molar-refractivity contribution in [2.45, 2.75) is 44.6 Å². The van der Waals surface area contributed by atoms with Gasteiger partial charge in [0.15, 0.2) is 0 Å². The Morgan fingerprint density at radius 3 is 2.79 bits per heavy atom. The summed E-state index contributed by atoms with van der Waals surface area (Å²) < 4.78 is 0. The van der Waals surface area contributed by atoms with Crippen LogP contribution < -0.4 is 5.32 Å². The summed E-state index contributed by atoms with van der Waals surface area (Å²) >= 11 is 0. The van der Waals surface area contributed by atoms with Crippen molar-refractivity contribution >= 4 is 0 Å². The fourth-order valence-corrected chi connectivity index (χ4v) is 3.27. The molecule has 1 aromatic heterocycles. The van der Waals surface area contributed by atoms with Crippen LogP contribution in [-0.2, 0) is 0 Å². The highest BCUT2D eigenvalue weighted by atomic mass is 15.2. The standard InChI is InChI=1S/C15H24N4/c1-11-9-13(12-5-3-4-6-12)18-15(17-11)14-10-19(2)8-7-16-14/h9,12,14,16H,3-8,10H2,1-2H3. The van der Waals surface area contributed by atoms with Crippen LogP contribution in [-0.4, -0.2) is 41.5 Å². The lowest BCUT2D eigenvalue weighted by atomic mass is 10.0. The van der Waals surface area contributed by atoms with Crippen LogP contribution in [0.1, 0.15) is 54.9 Å². The van der Waals surface area contributed by atoms with Gasteiger partial charge in [0.1, 0.15) is 5.82 Å². The average molecular weight is 260 g/mol. The number of hydrogen-bond donors (Lipinski definition) is 1. The number of nitrogens with zero attached hydrogens (tertiary/aromatic N) is 3. The van der Waals surface area contributed by atoms with E-state index in [0.717, 1.165) is 31.2 Å². The molecule has 1 saturated heterocycles. The van der Waals surface area contributed by atoms with Gasteiger partial charge in [0.05, 0.1) is 6.04 Å². The summed E-state index contributed by atoms with van der Waals surface area (Å²) in [4.78, 5) is 11.9. The monoisotopic (exact) mass is 260 g/mol. The van der Waals surface area contributed by atoms with E-state index in [2.05, 4.69) is 35.2 Å². The van der Waals surface area contributed by atoms with Crippen molar-refractivity contribution in [1.29, 1.82) is 0 Å². The SMILES string of the molecule is Cc1cc(C2CCCC2)nc(C2CN(C)CCN2)n1. The highest BCUT2D eigenvalue weighted by molar-refractivity contribution is 5.17. The molecule has 2 fully saturated rings. The number of nitrogens with one attached hydrogen (secondary N) is 1. The second-order valence-corrected chi connectivity index (χ2v) is 6.04. The molecule has 2 aliphatic rings. The molecule has 0 spiro atoms. The average Bonchev–Trinajstić information content (AvgIpc) is 2.92. The lowest BCUT2D eigenvalue weighted by molar-refractivity contribution is 0.235. The van der Waals surface area contributed by atoms with Gasteiger partial charge in [-0.3, -0.25) is 0 Å². The van der Waals surface area contributed by atoms with Crippen LogP contribution in [0.4, 0.5) is 0 Å². The van der Waals surface area contributed by atoms with Crippen LogP contribution in [0.2, 0.25) is 0 Å². The summed E-state index contributed by atoms with van der Waals surface area (Å²) in [5, 5.41) is 3.54. The quantitative estimate of drug-likeness (QED) is 0.883. The zero-order chi connectivity index (χ0) is 13.2. The maximum Gasteiger partial charge on any atom is 0.147 e. The van der Waals surface area contributed by atoms with Crippen LogP contribution in [0.3, 0.4) is 0 Å². The molecule has 0 bridgehead atoms. The third-order valence-electron chi connectivity index (χ3n) is 4.35. The van der Waals surface area contributed by atoms with E-state index in [1.807, 2.05) is 0 Å². The van der Waals surface area contributed by atoms with Crippen molar-refractivity contribution < 1.29 is 0 Å². The Bertz CT molecular complexity index is 440. The molecule has 104 valence electrons. The zero-order valence-corrected chi connectivity index (χ0v) is 12.0. The zero-order valence-electron chi connectivity index (χ0n) is 12.0. The number of rotatable bonds is 2. The van der Waals surface area contributed by atoms with E-state index in [1.165, 1.54) is 31.4 Å². The molecule has 1 aliphatic carbocycles. The molecule has 1 aromatic rings. The van der Waals surface area contributed by atoms with E-state index in [-0.39, 0.29) is 0 Å². The van der Waals surface area contributed by atoms with Gasteiger partial charge in [-0.1, -0.05) is 12.8 Å². The van der Waals surface area contributed by atoms with E-state index in [9.17, 15) is 0 Å². The maximum atomic E-state index is 4.87. The topological polar surface area (TPSA) is 41.1 Å². The van der Waals surface area contributed by atoms with Gasteiger partial charge in [0.25, 0.3) is 0 Å². The van der Waals surface area contributed by atoms with E-state index in [1.54, 1.807) is 0 Å². The Labute approximate surface area is 115 Å². The Morgan fingerprint density at radius 2 is 2.05 bits per heavy atom. The van der Waals surface area contributed by atoms with E-state index >= 15 is 0 Å². The summed E-state index contributed by atoms with van der Waals surface area (Å²) in [7, 11) is 2.17. The molecule has 1 atom stereocenters. The minimum absolute atomic E-state index is 0.291. The summed E-state index contributed by atoms with van der Waals surface area (Å²) in [6.45, 7) is 5.23. The first-order chi connectivity index (χ1) is 9.22. The molecule has 4 nitrogen and oxygen atoms in total. The summed E-state index contributed by atoms with van der Waals surface area (Å²) in [5.41, 5.74) is 2.39. The Balaban J connectivity index is 1.84. The number of aryl methyl sites for hydroxylation is 1. The lowest BCUT2D eigenvalue weighted by Crippen LogP contribution is -2.44. The smallest absolute Gasteiger partial charge is 0.147 e. The molecule has 1 saturated carbocycles. The number of hydrogen-bond acceptors (Lipinski definition) is 4. The Morgan fingerprint density at radius 1 is 1.26 bits per heavy atom. The van der Waals surface area contributed by atoms with Gasteiger partial charge in [0, 0.05) is 36.9 Å². The minimum atomic E-state index is 0.291. The predicted octanol–water partition coefficient (Wildman–Crippen LogP) is 2.02. The first kappa shape index (κ1) is 13.0. The number of piperazine rings is 1. The van der Waals surface area contributed by atoms with Crippen molar-refractivity contribution in [2.75, 3.05) is 26.7 Å². The van der Waals surface area contributed by atoms with Gasteiger partial charge < -0.3 is 10.2 Å². The molecule has 4 heteroatoms. The first-order valence-corrected chi connectivity index (χ1v) is 7.50. The van der Waals surface area contributed by atoms with Gasteiger partial charge in [-0.25, -0.2) is 9.97 Å². The number of aromatic nitrogens is 2. The molecule has 2 heterocycles. The second kappa shape index (κ2) is 5.55. The van der Waals surface area contributed by atoms with E-state index in [4.69, 9.17) is 4.98 Å². The van der Waals surface area contributed by atoms with Crippen molar-refractivity contribution in [2.24, 2.45) is 0 Å². The van der Waals surface area contributed by atoms with Crippen molar-refractivity contribution in [1.82, 2.24) is 20.2 Å². The minimum Gasteiger partial charge on any atom is -0.305 e. The normalized spacial score (nSPS) is 25.9. The van der Waals surface area contributed by atoms with Crippen LogP contribution >= 0.6 is 0 Å². The molecular weight excluding hydrogens is 236 g/mol. The fourth-order valence-electron chi connectivity index (χ4n) is 3.27. The Hall–Kier alpha value is -1.00. The van der Waals surface area contributed by atoms with Crippen molar-refractivity contribution in [3.8, 4) is 0 Å².